The highest BCUT2D eigenvalue weighted by molar-refractivity contribution is 5.66. The van der Waals surface area contributed by atoms with Gasteiger partial charge in [-0.05, 0) is 32.2 Å². The molecule has 2 fully saturated rings. The zero-order chi connectivity index (χ0) is 19.2. The first-order valence-corrected chi connectivity index (χ1v) is 10.4. The molecule has 27 heavy (non-hydrogen) atoms. The first-order valence-electron chi connectivity index (χ1n) is 10.4. The maximum Gasteiger partial charge on any atom is 0.303 e. The summed E-state index contributed by atoms with van der Waals surface area (Å²) in [6.07, 6.45) is 7.24. The fourth-order valence-corrected chi connectivity index (χ4v) is 4.60. The number of nitrogens with zero attached hydrogens (tertiary/aromatic N) is 5. The van der Waals surface area contributed by atoms with E-state index in [1.165, 1.54) is 0 Å². The molecule has 1 aromatic rings. The second kappa shape index (κ2) is 9.66. The molecule has 0 spiro atoms. The van der Waals surface area contributed by atoms with E-state index >= 15 is 0 Å². The average molecular weight is 378 g/mol. The number of carboxylic acid groups (broad SMARTS) is 1. The third-order valence-electron chi connectivity index (χ3n) is 6.15. The first-order chi connectivity index (χ1) is 13.1. The van der Waals surface area contributed by atoms with Crippen LogP contribution in [-0.4, -0.2) is 87.7 Å². The van der Waals surface area contributed by atoms with E-state index in [0.29, 0.717) is 12.0 Å². The van der Waals surface area contributed by atoms with Gasteiger partial charge in [-0.1, -0.05) is 6.92 Å². The molecular weight excluding hydrogens is 342 g/mol. The molecule has 0 amide bonds. The molecule has 0 radical (unpaired) electrons. The van der Waals surface area contributed by atoms with Gasteiger partial charge in [0.05, 0.1) is 6.54 Å². The molecule has 1 aromatic heterocycles. The minimum atomic E-state index is -0.678. The van der Waals surface area contributed by atoms with E-state index in [2.05, 4.69) is 44.4 Å². The molecule has 0 bridgehead atoms. The highest BCUT2D eigenvalue weighted by Crippen LogP contribution is 2.28. The summed E-state index contributed by atoms with van der Waals surface area (Å²) in [6.45, 7) is 10.5. The number of aliphatic carboxylic acids is 1. The van der Waals surface area contributed by atoms with Gasteiger partial charge in [-0.25, -0.2) is 4.98 Å². The molecule has 3 heterocycles. The van der Waals surface area contributed by atoms with Crippen LogP contribution < -0.4 is 0 Å². The topological polar surface area (TPSA) is 64.8 Å². The molecule has 0 saturated carbocycles. The van der Waals surface area contributed by atoms with E-state index in [1.807, 2.05) is 6.20 Å². The van der Waals surface area contributed by atoms with Crippen molar-refractivity contribution in [3.8, 4) is 0 Å². The maximum absolute atomic E-state index is 11.2. The molecule has 7 heteroatoms. The number of likely N-dealkylation sites (tertiary alicyclic amines) is 1. The summed E-state index contributed by atoms with van der Waals surface area (Å²) in [7, 11) is 2.18. The Morgan fingerprint density at radius 2 is 2.04 bits per heavy atom. The lowest BCUT2D eigenvalue weighted by Crippen LogP contribution is -2.56. The third kappa shape index (κ3) is 5.53. The molecule has 2 aliphatic rings. The summed E-state index contributed by atoms with van der Waals surface area (Å²) >= 11 is 0. The van der Waals surface area contributed by atoms with Gasteiger partial charge in [-0.2, -0.15) is 0 Å². The first kappa shape index (κ1) is 20.3. The van der Waals surface area contributed by atoms with Crippen molar-refractivity contribution in [2.45, 2.75) is 51.7 Å². The predicted molar refractivity (Wildman–Crippen MR) is 106 cm³/mol. The molecule has 152 valence electrons. The van der Waals surface area contributed by atoms with Crippen LogP contribution in [0.15, 0.2) is 12.4 Å². The molecule has 7 nitrogen and oxygen atoms in total. The summed E-state index contributed by atoms with van der Waals surface area (Å²) in [4.78, 5) is 23.2. The van der Waals surface area contributed by atoms with E-state index in [9.17, 15) is 9.90 Å². The number of aromatic nitrogens is 2. The average Bonchev–Trinajstić information content (AvgIpc) is 3.08. The van der Waals surface area contributed by atoms with Gasteiger partial charge < -0.3 is 14.6 Å². The van der Waals surface area contributed by atoms with Gasteiger partial charge >= 0.3 is 5.97 Å². The Balaban J connectivity index is 1.63. The monoisotopic (exact) mass is 377 g/mol. The Bertz CT molecular complexity index is 597. The second-order valence-corrected chi connectivity index (χ2v) is 8.16. The molecule has 0 aliphatic carbocycles. The zero-order valence-electron chi connectivity index (χ0n) is 16.9. The minimum absolute atomic E-state index is 0.271. The van der Waals surface area contributed by atoms with Gasteiger partial charge in [0.25, 0.3) is 0 Å². The van der Waals surface area contributed by atoms with Crippen LogP contribution in [0.5, 0.6) is 0 Å². The van der Waals surface area contributed by atoms with Gasteiger partial charge in [0.1, 0.15) is 5.82 Å². The lowest BCUT2D eigenvalue weighted by molar-refractivity contribution is -0.137. The summed E-state index contributed by atoms with van der Waals surface area (Å²) in [5.41, 5.74) is 0. The fourth-order valence-electron chi connectivity index (χ4n) is 4.60. The van der Waals surface area contributed by atoms with Crippen LogP contribution in [0.4, 0.5) is 0 Å². The SMILES string of the molecule is CCCn1ccnc1CN1CC[C@@H](N2CCN(C)CC2)[C@@H](CCC(=O)O)C1. The van der Waals surface area contributed by atoms with Gasteiger partial charge in [0.15, 0.2) is 0 Å². The van der Waals surface area contributed by atoms with Crippen molar-refractivity contribution < 1.29 is 9.90 Å². The van der Waals surface area contributed by atoms with Crippen molar-refractivity contribution in [1.29, 1.82) is 0 Å². The molecule has 1 N–H and O–H groups in total. The van der Waals surface area contributed by atoms with Gasteiger partial charge in [-0.15, -0.1) is 0 Å². The van der Waals surface area contributed by atoms with Crippen molar-refractivity contribution in [1.82, 2.24) is 24.3 Å². The molecule has 2 atom stereocenters. The summed E-state index contributed by atoms with van der Waals surface area (Å²) in [6, 6.07) is 0.518. The third-order valence-corrected chi connectivity index (χ3v) is 6.15. The standard InChI is InChI=1S/C20H35N5O2/c1-3-8-25-10-7-21-19(25)16-23-9-6-18(17(15-23)4-5-20(26)27)24-13-11-22(2)12-14-24/h7,10,17-18H,3-6,8-9,11-16H2,1-2H3,(H,26,27)/t17-,18+/m0/s1. The van der Waals surface area contributed by atoms with Crippen molar-refractivity contribution in [3.05, 3.63) is 18.2 Å². The Morgan fingerprint density at radius 3 is 2.74 bits per heavy atom. The van der Waals surface area contributed by atoms with E-state index in [4.69, 9.17) is 0 Å². The lowest BCUT2D eigenvalue weighted by atomic mass is 9.86. The highest BCUT2D eigenvalue weighted by Gasteiger charge is 2.34. The van der Waals surface area contributed by atoms with E-state index in [1.54, 1.807) is 0 Å². The van der Waals surface area contributed by atoms with Crippen molar-refractivity contribution in [2.75, 3.05) is 46.3 Å². The number of hydrogen-bond acceptors (Lipinski definition) is 5. The van der Waals surface area contributed by atoms with Crippen LogP contribution in [0.25, 0.3) is 0 Å². The normalized spacial score (nSPS) is 25.7. The Kier molecular flexibility index (Phi) is 7.26. The van der Waals surface area contributed by atoms with E-state index in [0.717, 1.165) is 77.4 Å². The molecule has 0 unspecified atom stereocenters. The number of hydrogen-bond donors (Lipinski definition) is 1. The maximum atomic E-state index is 11.2. The summed E-state index contributed by atoms with van der Waals surface area (Å²) in [5.74, 6) is 0.877. The molecule has 2 saturated heterocycles. The largest absolute Gasteiger partial charge is 0.481 e. The zero-order valence-corrected chi connectivity index (χ0v) is 16.9. The number of imidazole rings is 1. The van der Waals surface area contributed by atoms with Gasteiger partial charge in [0.2, 0.25) is 0 Å². The number of likely N-dealkylation sites (N-methyl/N-ethyl adjacent to an activating group) is 1. The second-order valence-electron chi connectivity index (χ2n) is 8.16. The van der Waals surface area contributed by atoms with Gasteiger partial charge in [0, 0.05) is 70.7 Å². The van der Waals surface area contributed by atoms with Gasteiger partial charge in [-0.3, -0.25) is 14.6 Å². The van der Waals surface area contributed by atoms with Crippen LogP contribution in [-0.2, 0) is 17.9 Å². The summed E-state index contributed by atoms with van der Waals surface area (Å²) in [5, 5.41) is 9.20. The Hall–Kier alpha value is -1.44. The van der Waals surface area contributed by atoms with Crippen LogP contribution in [0, 0.1) is 5.92 Å². The van der Waals surface area contributed by atoms with Crippen molar-refractivity contribution in [2.24, 2.45) is 5.92 Å². The minimum Gasteiger partial charge on any atom is -0.481 e. The molecule has 3 rings (SSSR count). The number of aryl methyl sites for hydroxylation is 1. The van der Waals surface area contributed by atoms with Crippen molar-refractivity contribution >= 4 is 5.97 Å². The fraction of sp³-hybridized carbons (Fsp3) is 0.800. The molecule has 2 aliphatic heterocycles. The van der Waals surface area contributed by atoms with Crippen LogP contribution in [0.3, 0.4) is 0 Å². The number of carboxylic acids is 1. The van der Waals surface area contributed by atoms with E-state index in [-0.39, 0.29) is 6.42 Å². The number of rotatable bonds is 8. The smallest absolute Gasteiger partial charge is 0.303 e. The predicted octanol–water partition coefficient (Wildman–Crippen LogP) is 1.60. The van der Waals surface area contributed by atoms with Crippen molar-refractivity contribution in [3.63, 3.8) is 0 Å². The Morgan fingerprint density at radius 1 is 1.26 bits per heavy atom. The number of piperidine rings is 1. The molecule has 0 aromatic carbocycles. The lowest BCUT2D eigenvalue weighted by Gasteiger charge is -2.46. The number of carbonyl (C=O) groups is 1. The number of piperazine rings is 1. The van der Waals surface area contributed by atoms with Crippen LogP contribution in [0.2, 0.25) is 0 Å². The quantitative estimate of drug-likeness (QED) is 0.742. The molecular formula is C20H35N5O2. The van der Waals surface area contributed by atoms with Crippen LogP contribution in [0.1, 0.15) is 38.4 Å². The highest BCUT2D eigenvalue weighted by atomic mass is 16.4. The summed E-state index contributed by atoms with van der Waals surface area (Å²) < 4.78 is 2.25. The van der Waals surface area contributed by atoms with E-state index < -0.39 is 5.97 Å². The Labute approximate surface area is 162 Å². The van der Waals surface area contributed by atoms with Crippen LogP contribution >= 0.6 is 0 Å².